The Morgan fingerprint density at radius 1 is 0.641 bits per heavy atom. The minimum absolute atomic E-state index is 0.185. The maximum Gasteiger partial charge on any atom is 0.187 e. The van der Waals surface area contributed by atoms with Crippen LogP contribution in [0.5, 0.6) is 5.75 Å². The molecule has 0 aliphatic rings. The number of phenols is 1. The lowest BCUT2D eigenvalue weighted by Gasteiger charge is -2.07. The van der Waals surface area contributed by atoms with Crippen LogP contribution in [0.25, 0.3) is 15.6 Å². The molecule has 0 aliphatic carbocycles. The lowest BCUT2D eigenvalue weighted by atomic mass is 10.1. The summed E-state index contributed by atoms with van der Waals surface area (Å²) in [4.78, 5) is 8.01. The molecule has 39 heavy (non-hydrogen) atoms. The van der Waals surface area contributed by atoms with Crippen molar-refractivity contribution in [1.29, 1.82) is 0 Å². The molecule has 0 aliphatic heterocycles. The van der Waals surface area contributed by atoms with E-state index in [-0.39, 0.29) is 5.75 Å². The van der Waals surface area contributed by atoms with Gasteiger partial charge in [-0.15, -0.1) is 5.11 Å². The average Bonchev–Trinajstić information content (AvgIpc) is 2.97. The normalized spacial score (nSPS) is 11.6. The number of aliphatic imine (C=N–C) groups is 1. The van der Waals surface area contributed by atoms with Crippen LogP contribution in [0.2, 0.25) is 0 Å². The zero-order chi connectivity index (χ0) is 27.2. The summed E-state index contributed by atoms with van der Waals surface area (Å²) >= 11 is 0. The van der Waals surface area contributed by atoms with Gasteiger partial charge in [0.1, 0.15) is 5.75 Å². The molecule has 0 heterocycles. The van der Waals surface area contributed by atoms with Crippen LogP contribution < -0.4 is 0 Å². The summed E-state index contributed by atoms with van der Waals surface area (Å²) in [6.45, 7) is 11.0. The molecule has 1 N–H and O–H groups in total. The van der Waals surface area contributed by atoms with Gasteiger partial charge in [0.05, 0.1) is 35.0 Å². The van der Waals surface area contributed by atoms with Crippen molar-refractivity contribution in [2.45, 2.75) is 13.8 Å². The van der Waals surface area contributed by atoms with Crippen LogP contribution in [0.1, 0.15) is 16.7 Å². The Labute approximate surface area is 226 Å². The van der Waals surface area contributed by atoms with Gasteiger partial charge in [0.15, 0.2) is 5.69 Å². The van der Waals surface area contributed by atoms with E-state index >= 15 is 0 Å². The first kappa shape index (κ1) is 25.2. The van der Waals surface area contributed by atoms with Gasteiger partial charge in [-0.05, 0) is 73.5 Å². The number of rotatable bonds is 6. The number of nitrogens with zero attached hydrogens (tertiary/aromatic N) is 6. The van der Waals surface area contributed by atoms with E-state index in [0.29, 0.717) is 16.9 Å². The summed E-state index contributed by atoms with van der Waals surface area (Å²) in [5.74, 6) is 0.185. The first-order valence-corrected chi connectivity index (χ1v) is 12.3. The molecular weight excluding hydrogens is 484 g/mol. The molecule has 0 radical (unpaired) electrons. The zero-order valence-electron chi connectivity index (χ0n) is 21.4. The highest BCUT2D eigenvalue weighted by Crippen LogP contribution is 2.36. The van der Waals surface area contributed by atoms with Crippen molar-refractivity contribution in [3.05, 3.63) is 125 Å². The van der Waals surface area contributed by atoms with Gasteiger partial charge < -0.3 is 5.11 Å². The molecule has 0 saturated carbocycles. The third-order valence-corrected chi connectivity index (χ3v) is 6.19. The monoisotopic (exact) mass is 508 g/mol. The van der Waals surface area contributed by atoms with E-state index in [1.54, 1.807) is 42.6 Å². The summed E-state index contributed by atoms with van der Waals surface area (Å²) in [6.07, 6.45) is 1.66. The van der Waals surface area contributed by atoms with Gasteiger partial charge >= 0.3 is 0 Å². The van der Waals surface area contributed by atoms with Gasteiger partial charge in [-0.25, -0.2) is 4.85 Å². The number of benzene rings is 5. The largest absolute Gasteiger partial charge is 0.507 e. The molecule has 0 aromatic heterocycles. The number of fused-ring (bicyclic) bond motifs is 1. The van der Waals surface area contributed by atoms with Crippen molar-refractivity contribution in [3.8, 4) is 5.75 Å². The highest BCUT2D eigenvalue weighted by Gasteiger charge is 2.07. The summed E-state index contributed by atoms with van der Waals surface area (Å²) in [5, 5.41) is 29.7. The Morgan fingerprint density at radius 2 is 1.21 bits per heavy atom. The van der Waals surface area contributed by atoms with E-state index < -0.39 is 0 Å². The Balaban J connectivity index is 1.41. The van der Waals surface area contributed by atoms with E-state index in [0.717, 1.165) is 44.6 Å². The van der Waals surface area contributed by atoms with E-state index in [4.69, 9.17) is 6.57 Å². The predicted molar refractivity (Wildman–Crippen MR) is 156 cm³/mol. The SMILES string of the molecule is [C-]#[N+]c1ccc(N=Nc2cc(C)c(N=Nc3ccc(N=Cc4ccccc4O)c4ccccc34)cc2C)cc1. The van der Waals surface area contributed by atoms with Crippen molar-refractivity contribution in [2.75, 3.05) is 0 Å². The van der Waals surface area contributed by atoms with Gasteiger partial charge in [-0.2, -0.15) is 15.3 Å². The van der Waals surface area contributed by atoms with Crippen molar-refractivity contribution >= 4 is 51.1 Å². The van der Waals surface area contributed by atoms with Crippen molar-refractivity contribution in [1.82, 2.24) is 0 Å². The smallest absolute Gasteiger partial charge is 0.187 e. The fourth-order valence-corrected chi connectivity index (χ4v) is 4.02. The topological polar surface area (TPSA) is 86.4 Å². The van der Waals surface area contributed by atoms with Crippen molar-refractivity contribution in [3.63, 3.8) is 0 Å². The Hall–Kier alpha value is -5.48. The lowest BCUT2D eigenvalue weighted by Crippen LogP contribution is -1.82. The van der Waals surface area contributed by atoms with E-state index in [9.17, 15) is 5.11 Å². The Morgan fingerprint density at radius 3 is 1.87 bits per heavy atom. The molecule has 0 atom stereocenters. The van der Waals surface area contributed by atoms with E-state index in [2.05, 4.69) is 30.3 Å². The molecule has 7 heteroatoms. The number of aromatic hydroxyl groups is 1. The minimum atomic E-state index is 0.185. The Bertz CT molecular complexity index is 1800. The number of hydrogen-bond donors (Lipinski definition) is 1. The molecule has 0 spiro atoms. The molecule has 5 rings (SSSR count). The van der Waals surface area contributed by atoms with Gasteiger partial charge in [-0.3, -0.25) is 4.99 Å². The number of para-hydroxylation sites is 1. The summed E-state index contributed by atoms with van der Waals surface area (Å²) < 4.78 is 0. The van der Waals surface area contributed by atoms with Gasteiger partial charge in [0.25, 0.3) is 0 Å². The second-order valence-electron chi connectivity index (χ2n) is 8.92. The predicted octanol–water partition coefficient (Wildman–Crippen LogP) is 10.3. The van der Waals surface area contributed by atoms with Gasteiger partial charge in [0, 0.05) is 22.6 Å². The zero-order valence-corrected chi connectivity index (χ0v) is 21.4. The quantitative estimate of drug-likeness (QED) is 0.138. The first-order chi connectivity index (χ1) is 19.0. The van der Waals surface area contributed by atoms with Crippen molar-refractivity contribution in [2.24, 2.45) is 25.4 Å². The molecule has 0 fully saturated rings. The number of aryl methyl sites for hydroxylation is 2. The van der Waals surface area contributed by atoms with Crippen LogP contribution >= 0.6 is 0 Å². The molecular formula is C32H24N6O. The van der Waals surface area contributed by atoms with Crippen LogP contribution in [0, 0.1) is 20.4 Å². The Kier molecular flexibility index (Phi) is 7.28. The second kappa shape index (κ2) is 11.3. The molecule has 0 saturated heterocycles. The maximum absolute atomic E-state index is 10.0. The van der Waals surface area contributed by atoms with E-state index in [1.165, 1.54) is 0 Å². The van der Waals surface area contributed by atoms with Crippen LogP contribution in [0.15, 0.2) is 123 Å². The molecule has 0 unspecified atom stereocenters. The van der Waals surface area contributed by atoms with Gasteiger partial charge in [-0.1, -0.05) is 48.5 Å². The molecule has 5 aromatic carbocycles. The summed E-state index contributed by atoms with van der Waals surface area (Å²) in [7, 11) is 0. The van der Waals surface area contributed by atoms with Crippen LogP contribution in [0.3, 0.4) is 0 Å². The molecule has 188 valence electrons. The standard InChI is InChI=1S/C32H24N6O/c1-21-19-31(22(2)18-30(21)37-35-25-14-12-24(33-3)13-15-25)38-36-29-17-16-28(26-9-5-6-10-27(26)29)34-20-23-8-4-7-11-32(23)39/h4-20,39H,1-2H3. The summed E-state index contributed by atoms with van der Waals surface area (Å²) in [6, 6.07) is 29.7. The van der Waals surface area contributed by atoms with Crippen LogP contribution in [-0.4, -0.2) is 11.3 Å². The average molecular weight is 509 g/mol. The fraction of sp³-hybridized carbons (Fsp3) is 0.0625. The fourth-order valence-electron chi connectivity index (χ4n) is 4.02. The van der Waals surface area contributed by atoms with E-state index in [1.807, 2.05) is 74.5 Å². The molecule has 5 aromatic rings. The number of hydrogen-bond acceptors (Lipinski definition) is 6. The third kappa shape index (κ3) is 5.76. The lowest BCUT2D eigenvalue weighted by molar-refractivity contribution is 0.474. The molecule has 0 amide bonds. The highest BCUT2D eigenvalue weighted by molar-refractivity contribution is 6.01. The maximum atomic E-state index is 10.0. The molecule has 7 nitrogen and oxygen atoms in total. The summed E-state index contributed by atoms with van der Waals surface area (Å²) in [5.41, 5.74) is 6.76. The minimum Gasteiger partial charge on any atom is -0.507 e. The first-order valence-electron chi connectivity index (χ1n) is 12.3. The number of azo groups is 2. The number of phenolic OH excluding ortho intramolecular Hbond substituents is 1. The van der Waals surface area contributed by atoms with Gasteiger partial charge in [0.2, 0.25) is 0 Å². The molecule has 0 bridgehead atoms. The van der Waals surface area contributed by atoms with Crippen molar-refractivity contribution < 1.29 is 5.11 Å². The van der Waals surface area contributed by atoms with Crippen LogP contribution in [0.4, 0.5) is 34.1 Å². The van der Waals surface area contributed by atoms with Crippen LogP contribution in [-0.2, 0) is 0 Å². The second-order valence-corrected chi connectivity index (χ2v) is 8.92. The third-order valence-electron chi connectivity index (χ3n) is 6.19. The highest BCUT2D eigenvalue weighted by atomic mass is 16.3.